The quantitative estimate of drug-likeness (QED) is 0.0376. The van der Waals surface area contributed by atoms with E-state index >= 15 is 0 Å². The number of carbonyl (C=O) groups is 3. The highest BCUT2D eigenvalue weighted by molar-refractivity contribution is 6.03. The number of nitrogens with one attached hydrogen (secondary N) is 5. The summed E-state index contributed by atoms with van der Waals surface area (Å²) in [6.07, 6.45) is 3.91. The van der Waals surface area contributed by atoms with Crippen molar-refractivity contribution >= 4 is 79.1 Å². The molecule has 13 rings (SSSR count). The number of hydrogen-bond acceptors (Lipinski definition) is 11. The van der Waals surface area contributed by atoms with Crippen molar-refractivity contribution in [1.29, 1.82) is 0 Å². The summed E-state index contributed by atoms with van der Waals surface area (Å²) in [5.41, 5.74) is 6.31. The van der Waals surface area contributed by atoms with Crippen LogP contribution in [0.3, 0.4) is 0 Å². The van der Waals surface area contributed by atoms with Crippen molar-refractivity contribution in [2.75, 3.05) is 33.2 Å². The molecule has 5 amide bonds. The van der Waals surface area contributed by atoms with Crippen LogP contribution in [0.4, 0.5) is 77.5 Å². The Labute approximate surface area is 551 Å². The maximum atomic E-state index is 13.1. The Balaban J connectivity index is 0.000000149. The third-order valence-electron chi connectivity index (χ3n) is 15.9. The summed E-state index contributed by atoms with van der Waals surface area (Å²) in [4.78, 5) is 50.2. The number of anilines is 5. The number of alkyl halides is 9. The molecule has 6 aromatic heterocycles. The van der Waals surface area contributed by atoms with Crippen molar-refractivity contribution in [3.8, 4) is 33.4 Å². The predicted molar refractivity (Wildman–Crippen MR) is 352 cm³/mol. The Morgan fingerprint density at radius 2 is 0.888 bits per heavy atom. The number of allylic oxidation sites excluding steroid dienone is 1. The Hall–Kier alpha value is -11.8. The average Bonchev–Trinajstić information content (AvgIpc) is 1.60. The van der Waals surface area contributed by atoms with E-state index in [0.717, 1.165) is 97.0 Å². The summed E-state index contributed by atoms with van der Waals surface area (Å²) >= 11 is 0. The molecule has 1 aliphatic carbocycles. The molecule has 1 fully saturated rings. The summed E-state index contributed by atoms with van der Waals surface area (Å²) in [7, 11) is 1.85. The maximum Gasteiger partial charge on any atom is 0.416 e. The first kappa shape index (κ1) is 67.6. The van der Waals surface area contributed by atoms with Gasteiger partial charge in [0.25, 0.3) is 0 Å². The van der Waals surface area contributed by atoms with Crippen LogP contribution in [0.15, 0.2) is 214 Å². The number of amides is 5. The highest BCUT2D eigenvalue weighted by atomic mass is 19.4. The summed E-state index contributed by atoms with van der Waals surface area (Å²) in [5, 5.41) is 47.2. The zero-order valence-corrected chi connectivity index (χ0v) is 51.5. The molecule has 500 valence electrons. The molecule has 28 heteroatoms. The Kier molecular flexibility index (Phi) is 19.5. The normalized spacial score (nSPS) is 12.9. The van der Waals surface area contributed by atoms with E-state index in [2.05, 4.69) is 63.4 Å². The number of aliphatic hydroxyl groups excluding tert-OH is 2. The second-order valence-electron chi connectivity index (χ2n) is 22.6. The molecule has 6 heterocycles. The van der Waals surface area contributed by atoms with Crippen molar-refractivity contribution in [1.82, 2.24) is 44.3 Å². The minimum atomic E-state index is -4.50. The number of pyridine rings is 3. The number of aromatic nitrogens is 9. The van der Waals surface area contributed by atoms with Gasteiger partial charge in [-0.15, -0.1) is 6.58 Å². The van der Waals surface area contributed by atoms with Gasteiger partial charge in [0.1, 0.15) is 0 Å². The van der Waals surface area contributed by atoms with Gasteiger partial charge in [-0.25, -0.2) is 9.59 Å². The van der Waals surface area contributed by atoms with E-state index in [1.807, 2.05) is 31.3 Å². The molecule has 12 aromatic rings. The van der Waals surface area contributed by atoms with Gasteiger partial charge < -0.3 is 36.8 Å². The van der Waals surface area contributed by atoms with E-state index in [0.29, 0.717) is 47.5 Å². The van der Waals surface area contributed by atoms with Gasteiger partial charge in [0.2, 0.25) is 5.91 Å². The molecule has 98 heavy (non-hydrogen) atoms. The van der Waals surface area contributed by atoms with E-state index in [9.17, 15) is 59.0 Å². The lowest BCUT2D eigenvalue weighted by atomic mass is 9.93. The van der Waals surface area contributed by atoms with E-state index in [1.54, 1.807) is 130 Å². The van der Waals surface area contributed by atoms with Crippen molar-refractivity contribution in [3.63, 3.8) is 0 Å². The number of benzene rings is 6. The molecule has 0 bridgehead atoms. The first-order valence-corrected chi connectivity index (χ1v) is 29.9. The minimum absolute atomic E-state index is 0.0185. The zero-order chi connectivity index (χ0) is 69.5. The molecule has 1 unspecified atom stereocenters. The molecule has 1 aliphatic rings. The lowest BCUT2D eigenvalue weighted by Crippen LogP contribution is -2.28. The van der Waals surface area contributed by atoms with E-state index < -0.39 is 58.8 Å². The molecular weight excluding hydrogens is 1290 g/mol. The highest BCUT2D eigenvalue weighted by Crippen LogP contribution is 2.50. The van der Waals surface area contributed by atoms with Gasteiger partial charge in [-0.1, -0.05) is 72.8 Å². The maximum absolute atomic E-state index is 13.1. The van der Waals surface area contributed by atoms with Gasteiger partial charge in [-0.2, -0.15) is 54.8 Å². The third-order valence-corrected chi connectivity index (χ3v) is 15.9. The van der Waals surface area contributed by atoms with Crippen molar-refractivity contribution < 1.29 is 64.1 Å². The summed E-state index contributed by atoms with van der Waals surface area (Å²) in [6.45, 7) is 4.03. The monoisotopic (exact) mass is 1340 g/mol. The topological polar surface area (TPSA) is 244 Å². The first-order valence-electron chi connectivity index (χ1n) is 29.9. The van der Waals surface area contributed by atoms with E-state index in [1.165, 1.54) is 30.3 Å². The van der Waals surface area contributed by atoms with Crippen LogP contribution < -0.4 is 26.6 Å². The first-order chi connectivity index (χ1) is 46.9. The average molecular weight is 1350 g/mol. The van der Waals surface area contributed by atoms with Crippen molar-refractivity contribution in [2.45, 2.75) is 56.0 Å². The fourth-order valence-electron chi connectivity index (χ4n) is 10.7. The minimum Gasteiger partial charge on any atom is -0.394 e. The van der Waals surface area contributed by atoms with Gasteiger partial charge in [0.15, 0.2) is 0 Å². The molecule has 6 aromatic carbocycles. The zero-order valence-electron chi connectivity index (χ0n) is 51.5. The summed E-state index contributed by atoms with van der Waals surface area (Å²) in [5.74, 6) is -0.291. The van der Waals surface area contributed by atoms with Crippen LogP contribution in [0.5, 0.6) is 0 Å². The summed E-state index contributed by atoms with van der Waals surface area (Å²) in [6, 6.07) is 33.7. The number of carbonyl (C=O) groups excluding carboxylic acids is 3. The Morgan fingerprint density at radius 1 is 0.500 bits per heavy atom. The number of urea groups is 2. The number of hydrogen-bond donors (Lipinski definition) is 7. The van der Waals surface area contributed by atoms with Gasteiger partial charge in [0.05, 0.1) is 102 Å². The van der Waals surface area contributed by atoms with Crippen LogP contribution in [-0.2, 0) is 48.9 Å². The van der Waals surface area contributed by atoms with Crippen molar-refractivity contribution in [3.05, 3.63) is 236 Å². The second kappa shape index (κ2) is 28.3. The number of aryl methyl sites for hydroxylation is 1. The van der Waals surface area contributed by atoms with E-state index in [-0.39, 0.29) is 30.4 Å². The fraction of sp³-hybridized carbons (Fsp3) is 0.157. The Bertz CT molecular complexity index is 4880. The van der Waals surface area contributed by atoms with Crippen LogP contribution in [0.2, 0.25) is 0 Å². The van der Waals surface area contributed by atoms with Crippen LogP contribution in [0.1, 0.15) is 35.1 Å². The molecule has 0 radical (unpaired) electrons. The lowest BCUT2D eigenvalue weighted by Gasteiger charge is -2.18. The molecule has 0 spiro atoms. The van der Waals surface area contributed by atoms with Gasteiger partial charge >= 0.3 is 30.6 Å². The smallest absolute Gasteiger partial charge is 0.394 e. The predicted octanol–water partition coefficient (Wildman–Crippen LogP) is 15.4. The lowest BCUT2D eigenvalue weighted by molar-refractivity contribution is -0.138. The molecular formula is C70H57F9N14O5. The summed E-state index contributed by atoms with van der Waals surface area (Å²) < 4.78 is 121. The van der Waals surface area contributed by atoms with Crippen LogP contribution in [0, 0.1) is 0 Å². The Morgan fingerprint density at radius 3 is 1.33 bits per heavy atom. The molecule has 0 aliphatic heterocycles. The number of nitrogens with zero attached hydrogens (tertiary/aromatic N) is 9. The number of fused-ring (bicyclic) bond motifs is 3. The third kappa shape index (κ3) is 15.6. The van der Waals surface area contributed by atoms with Crippen molar-refractivity contribution in [2.24, 2.45) is 7.05 Å². The molecule has 7 N–H and O–H groups in total. The number of rotatable bonds is 15. The standard InChI is InChI=1S/C24H19F3N4O.C23H20F3N5O3.C23H18F3N5O/c1-31-21-14-28-12-19(20(21)13-29-31)15-5-7-18(8-6-15)30-22(32)23(9-10-23)16-3-2-4-17(11-16)24(25,26)27;24-23(25,26)15-2-1-3-17(8-15)30-22(34)29-16-6-4-14(5-7-16)19-9-27-11-21-20(19)10-28-31(21)12-18(33)13-32;1-2-10-31-21-14-27-12-19(20(21)13-28-31)15-6-8-17(9-7-15)29-22(32)30-18-5-3-4-16(11-18)23(24,25)26/h2-8,11-14H,9-10H2,1H3,(H,30,32);1-11,18,32-33H,12-13H2,(H2,29,30,34);2-9,11-14H,1,10H2,(H2,29,30,32). The van der Waals surface area contributed by atoms with Gasteiger partial charge in [0, 0.05) is 86.9 Å². The van der Waals surface area contributed by atoms with Gasteiger partial charge in [-0.05, 0) is 114 Å². The second-order valence-corrected chi connectivity index (χ2v) is 22.6. The molecule has 1 atom stereocenters. The number of halogens is 9. The SMILES string of the molecule is C=CCn1ncc2c(-c3ccc(NC(=O)Nc4cccc(C(F)(F)F)c4)cc3)cncc21.Cn1ncc2c(-c3ccc(NC(=O)C4(c5cccc(C(F)(F)F)c5)CC4)cc3)cncc21.O=C(Nc1ccc(-c2cncc3c2cnn3CC(O)CO)cc1)Nc1cccc(C(F)(F)F)c1. The van der Waals surface area contributed by atoms with E-state index in [4.69, 9.17) is 5.11 Å². The van der Waals surface area contributed by atoms with Crippen LogP contribution >= 0.6 is 0 Å². The number of aliphatic hydroxyl groups is 2. The van der Waals surface area contributed by atoms with Gasteiger partial charge in [-0.3, -0.25) is 33.8 Å². The van der Waals surface area contributed by atoms with Crippen LogP contribution in [-0.4, -0.2) is 85.2 Å². The molecule has 19 nitrogen and oxygen atoms in total. The largest absolute Gasteiger partial charge is 0.416 e. The molecule has 1 saturated carbocycles. The van der Waals surface area contributed by atoms with Crippen LogP contribution in [0.25, 0.3) is 66.1 Å². The molecule has 0 saturated heterocycles. The highest BCUT2D eigenvalue weighted by Gasteiger charge is 2.52. The fourth-order valence-corrected chi connectivity index (χ4v) is 10.7.